The van der Waals surface area contributed by atoms with Gasteiger partial charge in [-0.25, -0.2) is 4.79 Å². The van der Waals surface area contributed by atoms with Crippen LogP contribution in [0.2, 0.25) is 0 Å². The number of esters is 1. The highest BCUT2D eigenvalue weighted by Gasteiger charge is 2.26. The number of nitrogens with one attached hydrogen (secondary N) is 3. The van der Waals surface area contributed by atoms with Crippen molar-refractivity contribution in [2.45, 2.75) is 50.3 Å². The standard InChI is InChI=1S/C43H41N3O5S2/c1-2-51-43(50)39-35-20-11-3-4-12-21-37(35)53-42(39)46-38(47)28-52-34-19-13-18-33(27-34)44-41(49)36(45-40(48)32-16-9-6-10-17-32)26-29-22-24-31(25-23-29)30-14-7-5-8-15-30/h5-10,13-19,22-27H,2-4,11-12,20-21,28H2,1H3,(H,44,49)(H,45,48)(H,46,47)/b36-26+. The van der Waals surface area contributed by atoms with Gasteiger partial charge in [-0.1, -0.05) is 91.7 Å². The zero-order valence-electron chi connectivity index (χ0n) is 29.5. The molecular formula is C43H41N3O5S2. The predicted molar refractivity (Wildman–Crippen MR) is 214 cm³/mol. The van der Waals surface area contributed by atoms with Gasteiger partial charge in [0.05, 0.1) is 17.9 Å². The molecule has 0 unspecified atom stereocenters. The summed E-state index contributed by atoms with van der Waals surface area (Å²) in [6.45, 7) is 2.04. The van der Waals surface area contributed by atoms with Gasteiger partial charge < -0.3 is 20.7 Å². The van der Waals surface area contributed by atoms with Crippen molar-refractivity contribution in [1.29, 1.82) is 0 Å². The van der Waals surface area contributed by atoms with Crippen molar-refractivity contribution in [3.8, 4) is 11.1 Å². The number of hydrogen-bond acceptors (Lipinski definition) is 7. The molecule has 0 radical (unpaired) electrons. The zero-order valence-corrected chi connectivity index (χ0v) is 31.1. The Kier molecular flexibility index (Phi) is 12.9. The molecule has 0 fully saturated rings. The summed E-state index contributed by atoms with van der Waals surface area (Å²) in [4.78, 5) is 55.0. The van der Waals surface area contributed by atoms with E-state index in [1.54, 1.807) is 55.5 Å². The average Bonchev–Trinajstić information content (AvgIpc) is 3.50. The predicted octanol–water partition coefficient (Wildman–Crippen LogP) is 9.39. The summed E-state index contributed by atoms with van der Waals surface area (Å²) in [6, 6.07) is 33.6. The molecule has 6 rings (SSSR count). The molecule has 4 aromatic carbocycles. The Labute approximate surface area is 318 Å². The molecule has 0 saturated heterocycles. The normalized spacial score (nSPS) is 12.8. The monoisotopic (exact) mass is 743 g/mol. The molecule has 1 aliphatic carbocycles. The van der Waals surface area contributed by atoms with E-state index >= 15 is 0 Å². The van der Waals surface area contributed by atoms with Crippen LogP contribution in [0.25, 0.3) is 17.2 Å². The Balaban J connectivity index is 1.15. The van der Waals surface area contributed by atoms with Crippen LogP contribution in [0.3, 0.4) is 0 Å². The summed E-state index contributed by atoms with van der Waals surface area (Å²) in [5.74, 6) is -1.45. The topological polar surface area (TPSA) is 114 Å². The molecule has 0 saturated carbocycles. The molecular weight excluding hydrogens is 703 g/mol. The van der Waals surface area contributed by atoms with Crippen molar-refractivity contribution in [2.24, 2.45) is 0 Å². The van der Waals surface area contributed by atoms with Crippen LogP contribution in [0.15, 0.2) is 120 Å². The number of aryl methyl sites for hydroxylation is 1. The van der Waals surface area contributed by atoms with E-state index in [2.05, 4.69) is 16.0 Å². The fraction of sp³-hybridized carbons (Fsp3) is 0.209. The number of ether oxygens (including phenoxy) is 1. The van der Waals surface area contributed by atoms with Crippen molar-refractivity contribution in [3.05, 3.63) is 142 Å². The van der Waals surface area contributed by atoms with Crippen LogP contribution in [0, 0.1) is 0 Å². The summed E-state index contributed by atoms with van der Waals surface area (Å²) >= 11 is 2.79. The third-order valence-corrected chi connectivity index (χ3v) is 10.9. The maximum atomic E-state index is 13.7. The maximum absolute atomic E-state index is 13.7. The summed E-state index contributed by atoms with van der Waals surface area (Å²) in [5.41, 5.74) is 5.35. The van der Waals surface area contributed by atoms with Crippen LogP contribution in [0.5, 0.6) is 0 Å². The lowest BCUT2D eigenvalue weighted by Gasteiger charge is -2.13. The molecule has 0 aliphatic heterocycles. The fourth-order valence-corrected chi connectivity index (χ4v) is 8.16. The average molecular weight is 744 g/mol. The SMILES string of the molecule is CCOC(=O)c1c(NC(=O)CSc2cccc(NC(=O)/C(=C\c3ccc(-c4ccccc4)cc3)NC(=O)c3ccccc3)c2)sc2c1CCCCCC2. The summed E-state index contributed by atoms with van der Waals surface area (Å²) in [6.07, 6.45) is 7.68. The number of hydrogen-bond donors (Lipinski definition) is 3. The van der Waals surface area contributed by atoms with Crippen LogP contribution in [0.1, 0.15) is 69.3 Å². The van der Waals surface area contributed by atoms with E-state index in [9.17, 15) is 19.2 Å². The minimum Gasteiger partial charge on any atom is -0.462 e. The second-order valence-corrected chi connectivity index (χ2v) is 14.7. The first kappa shape index (κ1) is 37.3. The van der Waals surface area contributed by atoms with E-state index in [0.717, 1.165) is 70.6 Å². The summed E-state index contributed by atoms with van der Waals surface area (Å²) < 4.78 is 5.39. The van der Waals surface area contributed by atoms with E-state index in [-0.39, 0.29) is 24.0 Å². The molecule has 1 aromatic heterocycles. The van der Waals surface area contributed by atoms with E-state index in [1.807, 2.05) is 66.7 Å². The minimum absolute atomic E-state index is 0.0752. The molecule has 0 spiro atoms. The third kappa shape index (κ3) is 10.1. The van der Waals surface area contributed by atoms with Gasteiger partial charge in [0, 0.05) is 21.0 Å². The van der Waals surface area contributed by atoms with Gasteiger partial charge in [-0.2, -0.15) is 0 Å². The lowest BCUT2D eigenvalue weighted by Crippen LogP contribution is -2.30. The Hall–Kier alpha value is -5.45. The number of amides is 3. The minimum atomic E-state index is -0.499. The number of thioether (sulfide) groups is 1. The molecule has 1 heterocycles. The molecule has 8 nitrogen and oxygen atoms in total. The Morgan fingerprint density at radius 1 is 0.774 bits per heavy atom. The third-order valence-electron chi connectivity index (χ3n) is 8.72. The number of thiophene rings is 1. The van der Waals surface area contributed by atoms with Gasteiger partial charge in [-0.3, -0.25) is 14.4 Å². The van der Waals surface area contributed by atoms with Gasteiger partial charge in [-0.15, -0.1) is 23.1 Å². The zero-order chi connectivity index (χ0) is 37.0. The second kappa shape index (κ2) is 18.3. The second-order valence-electron chi connectivity index (χ2n) is 12.5. The Morgan fingerprint density at radius 3 is 2.21 bits per heavy atom. The first-order valence-electron chi connectivity index (χ1n) is 17.8. The lowest BCUT2D eigenvalue weighted by atomic mass is 9.96. The maximum Gasteiger partial charge on any atom is 0.341 e. The van der Waals surface area contributed by atoms with Crippen molar-refractivity contribution in [3.63, 3.8) is 0 Å². The van der Waals surface area contributed by atoms with E-state index in [4.69, 9.17) is 4.74 Å². The number of fused-ring (bicyclic) bond motifs is 1. The highest BCUT2D eigenvalue weighted by molar-refractivity contribution is 8.00. The van der Waals surface area contributed by atoms with Crippen LogP contribution in [0.4, 0.5) is 10.7 Å². The molecule has 1 aliphatic rings. The van der Waals surface area contributed by atoms with Gasteiger partial charge in [-0.05, 0) is 91.3 Å². The molecule has 53 heavy (non-hydrogen) atoms. The van der Waals surface area contributed by atoms with Crippen molar-refractivity contribution >= 4 is 63.6 Å². The molecule has 3 amide bonds. The number of carbonyl (C=O) groups is 4. The molecule has 0 atom stereocenters. The quantitative estimate of drug-likeness (QED) is 0.0667. The highest BCUT2D eigenvalue weighted by atomic mass is 32.2. The van der Waals surface area contributed by atoms with Crippen molar-refractivity contribution in [1.82, 2.24) is 5.32 Å². The molecule has 3 N–H and O–H groups in total. The van der Waals surface area contributed by atoms with Gasteiger partial charge in [0.1, 0.15) is 10.7 Å². The van der Waals surface area contributed by atoms with Crippen molar-refractivity contribution < 1.29 is 23.9 Å². The highest BCUT2D eigenvalue weighted by Crippen LogP contribution is 2.38. The number of carbonyl (C=O) groups excluding carboxylic acids is 4. The number of anilines is 2. The first-order chi connectivity index (χ1) is 25.9. The van der Waals surface area contributed by atoms with Gasteiger partial charge >= 0.3 is 5.97 Å². The van der Waals surface area contributed by atoms with Gasteiger partial charge in [0.2, 0.25) is 5.91 Å². The van der Waals surface area contributed by atoms with Crippen molar-refractivity contribution in [2.75, 3.05) is 23.0 Å². The van der Waals surface area contributed by atoms with Crippen LogP contribution in [-0.2, 0) is 27.2 Å². The smallest absolute Gasteiger partial charge is 0.341 e. The van der Waals surface area contributed by atoms with E-state index < -0.39 is 17.8 Å². The van der Waals surface area contributed by atoms with Crippen LogP contribution >= 0.6 is 23.1 Å². The fourth-order valence-electron chi connectivity index (χ4n) is 6.11. The number of benzene rings is 4. The largest absolute Gasteiger partial charge is 0.462 e. The molecule has 10 heteroatoms. The lowest BCUT2D eigenvalue weighted by molar-refractivity contribution is -0.114. The van der Waals surface area contributed by atoms with Gasteiger partial charge in [0.25, 0.3) is 11.8 Å². The molecule has 0 bridgehead atoms. The first-order valence-corrected chi connectivity index (χ1v) is 19.6. The van der Waals surface area contributed by atoms with E-state index in [1.165, 1.54) is 23.1 Å². The number of rotatable bonds is 12. The summed E-state index contributed by atoms with van der Waals surface area (Å²) in [5, 5.41) is 9.24. The van der Waals surface area contributed by atoms with E-state index in [0.29, 0.717) is 21.8 Å². The Bertz CT molecular complexity index is 2090. The molecule has 270 valence electrons. The Morgan fingerprint density at radius 2 is 1.47 bits per heavy atom. The van der Waals surface area contributed by atoms with Crippen LogP contribution < -0.4 is 16.0 Å². The van der Waals surface area contributed by atoms with Crippen LogP contribution in [-0.4, -0.2) is 36.1 Å². The molecule has 5 aromatic rings. The summed E-state index contributed by atoms with van der Waals surface area (Å²) in [7, 11) is 0. The van der Waals surface area contributed by atoms with Gasteiger partial charge in [0.15, 0.2) is 0 Å².